The van der Waals surface area contributed by atoms with Gasteiger partial charge >= 0.3 is 0 Å². The van der Waals surface area contributed by atoms with Gasteiger partial charge < -0.3 is 10.2 Å². The molecule has 0 aromatic carbocycles. The Morgan fingerprint density at radius 1 is 1.44 bits per heavy atom. The fourth-order valence-electron chi connectivity index (χ4n) is 2.88. The lowest BCUT2D eigenvalue weighted by molar-refractivity contribution is 0.333. The van der Waals surface area contributed by atoms with Crippen molar-refractivity contribution in [2.45, 2.75) is 31.2 Å². The van der Waals surface area contributed by atoms with Crippen molar-refractivity contribution < 1.29 is 0 Å². The maximum absolute atomic E-state index is 4.88. The molecule has 1 saturated heterocycles. The number of aryl methyl sites for hydroxylation is 2. The molecule has 1 aliphatic carbocycles. The number of rotatable bonds is 2. The van der Waals surface area contributed by atoms with Crippen molar-refractivity contribution in [3.63, 3.8) is 0 Å². The summed E-state index contributed by atoms with van der Waals surface area (Å²) in [5, 5.41) is 4.84. The average molecular weight is 237 g/mol. The second kappa shape index (κ2) is 3.79. The van der Waals surface area contributed by atoms with Gasteiger partial charge in [-0.1, -0.05) is 0 Å². The van der Waals surface area contributed by atoms with Crippen LogP contribution >= 0.6 is 11.3 Å². The zero-order valence-corrected chi connectivity index (χ0v) is 10.9. The van der Waals surface area contributed by atoms with Gasteiger partial charge in [-0.3, -0.25) is 0 Å². The van der Waals surface area contributed by atoms with Crippen molar-refractivity contribution >= 4 is 11.3 Å². The van der Waals surface area contributed by atoms with Crippen LogP contribution in [0.3, 0.4) is 0 Å². The topological polar surface area (TPSA) is 28.2 Å². The van der Waals surface area contributed by atoms with E-state index in [4.69, 9.17) is 4.98 Å². The Kier molecular flexibility index (Phi) is 2.53. The van der Waals surface area contributed by atoms with Crippen LogP contribution in [0.5, 0.6) is 0 Å². The third-order valence-corrected chi connectivity index (χ3v) is 5.31. The molecule has 16 heavy (non-hydrogen) atoms. The SMILES string of the molecule is CNC1(c2nc3c(s2)CCC3)CCN(C)C1. The smallest absolute Gasteiger partial charge is 0.115 e. The molecule has 1 atom stereocenters. The van der Waals surface area contributed by atoms with E-state index >= 15 is 0 Å². The number of nitrogens with zero attached hydrogens (tertiary/aromatic N) is 2. The number of hydrogen-bond acceptors (Lipinski definition) is 4. The second-order valence-corrected chi connectivity index (χ2v) is 6.15. The summed E-state index contributed by atoms with van der Waals surface area (Å²) in [6.07, 6.45) is 4.94. The van der Waals surface area contributed by atoms with Crippen molar-refractivity contribution in [1.29, 1.82) is 0 Å². The summed E-state index contributed by atoms with van der Waals surface area (Å²) in [4.78, 5) is 8.81. The van der Waals surface area contributed by atoms with Gasteiger partial charge in [-0.05, 0) is 39.8 Å². The number of hydrogen-bond donors (Lipinski definition) is 1. The standard InChI is InChI=1S/C12H19N3S/c1-13-12(6-7-15(2)8-12)11-14-9-4-3-5-10(9)16-11/h13H,3-8H2,1-2H3. The number of aromatic nitrogens is 1. The number of likely N-dealkylation sites (N-methyl/N-ethyl adjacent to an activating group) is 2. The fourth-order valence-corrected chi connectivity index (χ4v) is 4.25. The highest BCUT2D eigenvalue weighted by Crippen LogP contribution is 2.37. The van der Waals surface area contributed by atoms with E-state index in [-0.39, 0.29) is 5.54 Å². The van der Waals surface area contributed by atoms with Gasteiger partial charge in [0.25, 0.3) is 0 Å². The Bertz CT molecular complexity index is 379. The molecule has 3 nitrogen and oxygen atoms in total. The molecule has 2 heterocycles. The van der Waals surface area contributed by atoms with E-state index in [1.807, 2.05) is 11.3 Å². The minimum Gasteiger partial charge on any atom is -0.307 e. The molecule has 1 fully saturated rings. The first-order chi connectivity index (χ1) is 7.73. The normalized spacial score (nSPS) is 29.9. The van der Waals surface area contributed by atoms with Crippen LogP contribution in [-0.4, -0.2) is 37.1 Å². The molecule has 0 radical (unpaired) electrons. The van der Waals surface area contributed by atoms with Crippen molar-refractivity contribution in [3.05, 3.63) is 15.6 Å². The van der Waals surface area contributed by atoms with Gasteiger partial charge in [0, 0.05) is 18.0 Å². The summed E-state index contributed by atoms with van der Waals surface area (Å²) in [5.41, 5.74) is 1.51. The van der Waals surface area contributed by atoms with Gasteiger partial charge in [-0.25, -0.2) is 4.98 Å². The summed E-state index contributed by atoms with van der Waals surface area (Å²) in [6, 6.07) is 0. The van der Waals surface area contributed by atoms with E-state index in [2.05, 4.69) is 24.3 Å². The minimum atomic E-state index is 0.129. The van der Waals surface area contributed by atoms with Crippen LogP contribution in [0.1, 0.15) is 28.4 Å². The summed E-state index contributed by atoms with van der Waals surface area (Å²) in [7, 11) is 4.27. The molecule has 0 amide bonds. The van der Waals surface area contributed by atoms with Gasteiger partial charge in [-0.15, -0.1) is 11.3 Å². The number of thiazole rings is 1. The Labute approximate surface area is 101 Å². The highest BCUT2D eigenvalue weighted by molar-refractivity contribution is 7.12. The van der Waals surface area contributed by atoms with E-state index in [1.54, 1.807) is 4.88 Å². The van der Waals surface area contributed by atoms with Crippen LogP contribution in [0, 0.1) is 0 Å². The molecule has 1 unspecified atom stereocenters. The van der Waals surface area contributed by atoms with E-state index in [1.165, 1.54) is 42.9 Å². The molecule has 0 spiro atoms. The average Bonchev–Trinajstić information content (AvgIpc) is 2.90. The van der Waals surface area contributed by atoms with Crippen LogP contribution in [0.15, 0.2) is 0 Å². The number of likely N-dealkylation sites (tertiary alicyclic amines) is 1. The van der Waals surface area contributed by atoms with Crippen LogP contribution in [-0.2, 0) is 18.4 Å². The van der Waals surface area contributed by atoms with Crippen LogP contribution < -0.4 is 5.32 Å². The Balaban J connectivity index is 1.94. The molecule has 3 rings (SSSR count). The summed E-state index contributed by atoms with van der Waals surface area (Å²) < 4.78 is 0. The highest BCUT2D eigenvalue weighted by atomic mass is 32.1. The van der Waals surface area contributed by atoms with Crippen molar-refractivity contribution in [3.8, 4) is 0 Å². The lowest BCUT2D eigenvalue weighted by atomic mass is 10.00. The molecule has 4 heteroatoms. The lowest BCUT2D eigenvalue weighted by Gasteiger charge is -2.26. The molecule has 2 aliphatic rings. The van der Waals surface area contributed by atoms with Crippen molar-refractivity contribution in [1.82, 2.24) is 15.2 Å². The van der Waals surface area contributed by atoms with Crippen LogP contribution in [0.4, 0.5) is 0 Å². The first-order valence-corrected chi connectivity index (χ1v) is 6.92. The molecule has 0 bridgehead atoms. The molecule has 1 aromatic rings. The first kappa shape index (κ1) is 10.7. The summed E-state index contributed by atoms with van der Waals surface area (Å²) in [6.45, 7) is 2.26. The van der Waals surface area contributed by atoms with Crippen molar-refractivity contribution in [2.75, 3.05) is 27.2 Å². The maximum atomic E-state index is 4.88. The van der Waals surface area contributed by atoms with E-state index in [0.29, 0.717) is 0 Å². The largest absolute Gasteiger partial charge is 0.307 e. The zero-order valence-electron chi connectivity index (χ0n) is 10.0. The number of fused-ring (bicyclic) bond motifs is 1. The quantitative estimate of drug-likeness (QED) is 0.842. The monoisotopic (exact) mass is 237 g/mol. The summed E-state index contributed by atoms with van der Waals surface area (Å²) >= 11 is 1.94. The first-order valence-electron chi connectivity index (χ1n) is 6.10. The molecule has 1 N–H and O–H groups in total. The van der Waals surface area contributed by atoms with Gasteiger partial charge in [0.15, 0.2) is 0 Å². The molecule has 1 aromatic heterocycles. The molecule has 0 saturated carbocycles. The van der Waals surface area contributed by atoms with E-state index < -0.39 is 0 Å². The predicted octanol–water partition coefficient (Wildman–Crippen LogP) is 1.38. The molecule has 88 valence electrons. The Morgan fingerprint density at radius 3 is 2.94 bits per heavy atom. The van der Waals surface area contributed by atoms with E-state index in [0.717, 1.165) is 6.54 Å². The van der Waals surface area contributed by atoms with E-state index in [9.17, 15) is 0 Å². The molecular formula is C12H19N3S. The minimum absolute atomic E-state index is 0.129. The maximum Gasteiger partial charge on any atom is 0.115 e. The molecule has 1 aliphatic heterocycles. The highest BCUT2D eigenvalue weighted by Gasteiger charge is 2.40. The van der Waals surface area contributed by atoms with Gasteiger partial charge in [-0.2, -0.15) is 0 Å². The van der Waals surface area contributed by atoms with Crippen LogP contribution in [0.25, 0.3) is 0 Å². The summed E-state index contributed by atoms with van der Waals surface area (Å²) in [5.74, 6) is 0. The lowest BCUT2D eigenvalue weighted by Crippen LogP contribution is -2.42. The third-order valence-electron chi connectivity index (χ3n) is 3.94. The van der Waals surface area contributed by atoms with Crippen LogP contribution in [0.2, 0.25) is 0 Å². The zero-order chi connectivity index (χ0) is 11.2. The van der Waals surface area contributed by atoms with Crippen molar-refractivity contribution in [2.24, 2.45) is 0 Å². The Morgan fingerprint density at radius 2 is 2.31 bits per heavy atom. The van der Waals surface area contributed by atoms with Gasteiger partial charge in [0.2, 0.25) is 0 Å². The van der Waals surface area contributed by atoms with Gasteiger partial charge in [0.1, 0.15) is 5.01 Å². The van der Waals surface area contributed by atoms with Gasteiger partial charge in [0.05, 0.1) is 11.2 Å². The second-order valence-electron chi connectivity index (χ2n) is 5.06. The fraction of sp³-hybridized carbons (Fsp3) is 0.750. The predicted molar refractivity (Wildman–Crippen MR) is 67.0 cm³/mol. The number of nitrogens with one attached hydrogen (secondary N) is 1. The molecular weight excluding hydrogens is 218 g/mol. The Hall–Kier alpha value is -0.450. The third kappa shape index (κ3) is 1.51.